The molecule has 0 saturated heterocycles. The van der Waals surface area contributed by atoms with Crippen molar-refractivity contribution >= 4 is 22.0 Å². The van der Waals surface area contributed by atoms with Gasteiger partial charge in [-0.15, -0.1) is 0 Å². The van der Waals surface area contributed by atoms with Crippen LogP contribution in [0.5, 0.6) is 0 Å². The van der Waals surface area contributed by atoms with Crippen LogP contribution in [0.2, 0.25) is 0 Å². The van der Waals surface area contributed by atoms with E-state index in [1.54, 1.807) is 6.08 Å². The van der Waals surface area contributed by atoms with Gasteiger partial charge in [0.15, 0.2) is 0 Å². The third kappa shape index (κ3) is 1.77. The summed E-state index contributed by atoms with van der Waals surface area (Å²) in [5, 5.41) is 0. The van der Waals surface area contributed by atoms with E-state index < -0.39 is 0 Å². The summed E-state index contributed by atoms with van der Waals surface area (Å²) in [5.41, 5.74) is 2.04. The minimum atomic E-state index is -0.280. The maximum Gasteiger partial charge on any atom is 0.235 e. The van der Waals surface area contributed by atoms with Crippen molar-refractivity contribution in [2.24, 2.45) is 4.99 Å². The van der Waals surface area contributed by atoms with Gasteiger partial charge in [-0.05, 0) is 43.4 Å². The molecule has 0 aromatic heterocycles. The second-order valence-electron chi connectivity index (χ2n) is 4.05. The molecule has 0 radical (unpaired) electrons. The van der Waals surface area contributed by atoms with Gasteiger partial charge in [0, 0.05) is 4.47 Å². The molecule has 0 amide bonds. The smallest absolute Gasteiger partial charge is 0.211 e. The minimum Gasteiger partial charge on any atom is -0.211 e. The van der Waals surface area contributed by atoms with Crippen molar-refractivity contribution in [3.8, 4) is 0 Å². The van der Waals surface area contributed by atoms with Gasteiger partial charge in [-0.25, -0.2) is 4.79 Å². The largest absolute Gasteiger partial charge is 0.235 e. The van der Waals surface area contributed by atoms with Crippen LogP contribution in [0.4, 0.5) is 0 Å². The predicted octanol–water partition coefficient (Wildman–Crippen LogP) is 3.47. The van der Waals surface area contributed by atoms with E-state index >= 15 is 0 Å². The lowest BCUT2D eigenvalue weighted by molar-refractivity contribution is 0.256. The van der Waals surface area contributed by atoms with E-state index in [9.17, 15) is 4.79 Å². The van der Waals surface area contributed by atoms with Crippen LogP contribution in [-0.4, -0.2) is 6.08 Å². The van der Waals surface area contributed by atoms with E-state index in [0.717, 1.165) is 29.3 Å². The molecule has 78 valence electrons. The minimum absolute atomic E-state index is 0.280. The highest BCUT2D eigenvalue weighted by Crippen LogP contribution is 2.45. The second kappa shape index (κ2) is 3.92. The number of isocyanates is 1. The Morgan fingerprint density at radius 2 is 2.20 bits per heavy atom. The first-order valence-electron chi connectivity index (χ1n) is 5.04. The molecule has 15 heavy (non-hydrogen) atoms. The van der Waals surface area contributed by atoms with Crippen LogP contribution in [0.3, 0.4) is 0 Å². The Balaban J connectivity index is 2.43. The van der Waals surface area contributed by atoms with E-state index in [-0.39, 0.29) is 5.54 Å². The van der Waals surface area contributed by atoms with E-state index in [1.807, 2.05) is 6.92 Å². The van der Waals surface area contributed by atoms with Crippen LogP contribution in [0.25, 0.3) is 0 Å². The van der Waals surface area contributed by atoms with Gasteiger partial charge in [0.05, 0.1) is 5.54 Å². The molecule has 1 aromatic rings. The molecule has 0 unspecified atom stereocenters. The zero-order chi connectivity index (χ0) is 10.9. The normalized spacial score (nSPS) is 17.7. The molecule has 0 N–H and O–H groups in total. The lowest BCUT2D eigenvalue weighted by Gasteiger charge is -2.37. The number of aliphatic imine (C=N–C) groups is 1. The summed E-state index contributed by atoms with van der Waals surface area (Å²) < 4.78 is 1.08. The fourth-order valence-electron chi connectivity index (χ4n) is 1.95. The van der Waals surface area contributed by atoms with Crippen LogP contribution in [-0.2, 0) is 10.3 Å². The van der Waals surface area contributed by atoms with E-state index in [0.29, 0.717) is 0 Å². The van der Waals surface area contributed by atoms with Crippen molar-refractivity contribution in [1.29, 1.82) is 0 Å². The number of carbonyl (C=O) groups excluding carboxylic acids is 1. The highest BCUT2D eigenvalue weighted by molar-refractivity contribution is 9.10. The summed E-state index contributed by atoms with van der Waals surface area (Å²) in [4.78, 5) is 14.4. The number of rotatable bonds is 2. The Morgan fingerprint density at radius 1 is 1.47 bits per heavy atom. The molecule has 1 aliphatic rings. The first-order valence-corrected chi connectivity index (χ1v) is 5.83. The van der Waals surface area contributed by atoms with Crippen molar-refractivity contribution < 1.29 is 4.79 Å². The molecule has 1 aliphatic carbocycles. The van der Waals surface area contributed by atoms with E-state index in [4.69, 9.17) is 0 Å². The Bertz CT molecular complexity index is 431. The van der Waals surface area contributed by atoms with Crippen molar-refractivity contribution in [1.82, 2.24) is 0 Å². The molecule has 1 aromatic carbocycles. The van der Waals surface area contributed by atoms with E-state index in [1.165, 1.54) is 5.56 Å². The monoisotopic (exact) mass is 265 g/mol. The van der Waals surface area contributed by atoms with Gasteiger partial charge < -0.3 is 0 Å². The van der Waals surface area contributed by atoms with Gasteiger partial charge in [-0.2, -0.15) is 4.99 Å². The summed E-state index contributed by atoms with van der Waals surface area (Å²) in [6, 6.07) is 6.18. The number of hydrogen-bond acceptors (Lipinski definition) is 2. The van der Waals surface area contributed by atoms with Crippen molar-refractivity contribution in [2.75, 3.05) is 0 Å². The molecule has 0 bridgehead atoms. The SMILES string of the molecule is Cc1ccc(C2(N=C=O)CCC2)cc1Br. The van der Waals surface area contributed by atoms with Crippen molar-refractivity contribution in [3.05, 3.63) is 33.8 Å². The van der Waals surface area contributed by atoms with Gasteiger partial charge in [-0.1, -0.05) is 28.1 Å². The number of halogens is 1. The highest BCUT2D eigenvalue weighted by Gasteiger charge is 2.38. The Kier molecular flexibility index (Phi) is 2.76. The first kappa shape index (κ1) is 10.6. The maximum atomic E-state index is 10.4. The summed E-state index contributed by atoms with van der Waals surface area (Å²) >= 11 is 3.50. The van der Waals surface area contributed by atoms with Crippen LogP contribution < -0.4 is 0 Å². The zero-order valence-corrected chi connectivity index (χ0v) is 10.2. The molecule has 0 heterocycles. The van der Waals surface area contributed by atoms with Gasteiger partial charge in [0.25, 0.3) is 0 Å². The molecular formula is C12H12BrNO. The van der Waals surface area contributed by atoms with Crippen LogP contribution in [0.15, 0.2) is 27.7 Å². The molecule has 2 rings (SSSR count). The average molecular weight is 266 g/mol. The summed E-state index contributed by atoms with van der Waals surface area (Å²) in [7, 11) is 0. The fraction of sp³-hybridized carbons (Fsp3) is 0.417. The molecule has 2 nitrogen and oxygen atoms in total. The topological polar surface area (TPSA) is 29.4 Å². The number of aryl methyl sites for hydroxylation is 1. The van der Waals surface area contributed by atoms with Crippen LogP contribution in [0.1, 0.15) is 30.4 Å². The quantitative estimate of drug-likeness (QED) is 0.595. The Hall–Kier alpha value is -0.920. The lowest BCUT2D eigenvalue weighted by atomic mass is 9.72. The van der Waals surface area contributed by atoms with Crippen LogP contribution in [0, 0.1) is 6.92 Å². The zero-order valence-electron chi connectivity index (χ0n) is 8.59. The van der Waals surface area contributed by atoms with Gasteiger partial charge in [-0.3, -0.25) is 0 Å². The van der Waals surface area contributed by atoms with Crippen LogP contribution >= 0.6 is 15.9 Å². The summed E-state index contributed by atoms with van der Waals surface area (Å²) in [6.45, 7) is 2.05. The van der Waals surface area contributed by atoms with Crippen molar-refractivity contribution in [3.63, 3.8) is 0 Å². The molecular weight excluding hydrogens is 254 g/mol. The Morgan fingerprint density at radius 3 is 2.67 bits per heavy atom. The predicted molar refractivity (Wildman–Crippen MR) is 62.5 cm³/mol. The second-order valence-corrected chi connectivity index (χ2v) is 4.91. The number of hydrogen-bond donors (Lipinski definition) is 0. The van der Waals surface area contributed by atoms with E-state index in [2.05, 4.69) is 39.1 Å². The maximum absolute atomic E-state index is 10.4. The lowest BCUT2D eigenvalue weighted by Crippen LogP contribution is -2.31. The molecule has 1 saturated carbocycles. The summed E-state index contributed by atoms with van der Waals surface area (Å²) in [5.74, 6) is 0. The van der Waals surface area contributed by atoms with Gasteiger partial charge in [0.1, 0.15) is 0 Å². The molecule has 0 aliphatic heterocycles. The molecule has 3 heteroatoms. The number of nitrogens with zero attached hydrogens (tertiary/aromatic N) is 1. The summed E-state index contributed by atoms with van der Waals surface area (Å²) in [6.07, 6.45) is 4.75. The number of benzene rings is 1. The average Bonchev–Trinajstić information content (AvgIpc) is 2.16. The van der Waals surface area contributed by atoms with Gasteiger partial charge >= 0.3 is 0 Å². The Labute approximate surface area is 97.5 Å². The molecule has 0 atom stereocenters. The molecule has 0 spiro atoms. The molecule has 1 fully saturated rings. The standard InChI is InChI=1S/C12H12BrNO/c1-9-3-4-10(7-11(9)13)12(14-8-15)5-2-6-12/h3-4,7H,2,5-6H2,1H3. The highest BCUT2D eigenvalue weighted by atomic mass is 79.9. The first-order chi connectivity index (χ1) is 7.18. The fourth-order valence-corrected chi connectivity index (χ4v) is 2.33. The van der Waals surface area contributed by atoms with Crippen molar-refractivity contribution in [2.45, 2.75) is 31.7 Å². The third-order valence-corrected chi connectivity index (χ3v) is 4.00. The van der Waals surface area contributed by atoms with Gasteiger partial charge in [0.2, 0.25) is 6.08 Å². The third-order valence-electron chi connectivity index (χ3n) is 3.15.